The molecule has 8 heteroatoms. The number of nitrogens with zero attached hydrogens (tertiary/aromatic N) is 1. The Kier molecular flexibility index (Phi) is 3.28. The van der Waals surface area contributed by atoms with Gasteiger partial charge < -0.3 is 0 Å². The molecule has 0 spiro atoms. The van der Waals surface area contributed by atoms with Crippen molar-refractivity contribution in [3.8, 4) is 0 Å². The molecule has 24 heavy (non-hydrogen) atoms. The van der Waals surface area contributed by atoms with E-state index >= 15 is 0 Å². The van der Waals surface area contributed by atoms with E-state index in [0.29, 0.717) is 16.1 Å². The van der Waals surface area contributed by atoms with Gasteiger partial charge >= 0.3 is 0 Å². The third kappa shape index (κ3) is 2.42. The van der Waals surface area contributed by atoms with E-state index in [9.17, 15) is 17.2 Å². The Morgan fingerprint density at radius 2 is 1.71 bits per heavy atom. The minimum absolute atomic E-state index is 0.0910. The van der Waals surface area contributed by atoms with Crippen molar-refractivity contribution >= 4 is 31.6 Å². The maximum absolute atomic E-state index is 14.3. The number of para-hydroxylation sites is 1. The predicted molar refractivity (Wildman–Crippen MR) is 87.9 cm³/mol. The monoisotopic (exact) mass is 366 g/mol. The number of rotatable bonds is 3. The summed E-state index contributed by atoms with van der Waals surface area (Å²) in [5.74, 6) is -4.86. The maximum atomic E-state index is 14.3. The van der Waals surface area contributed by atoms with Gasteiger partial charge in [0.2, 0.25) is 10.0 Å². The molecule has 1 aliphatic rings. The molecule has 1 fully saturated rings. The number of nitrogens with two attached hydrogens (primary N) is 1. The van der Waals surface area contributed by atoms with Gasteiger partial charge in [0.25, 0.3) is 5.92 Å². The zero-order chi connectivity index (χ0) is 17.1. The van der Waals surface area contributed by atoms with E-state index in [1.165, 1.54) is 35.6 Å². The van der Waals surface area contributed by atoms with Gasteiger partial charge in [-0.15, -0.1) is 11.3 Å². The number of benzene rings is 2. The molecule has 0 radical (unpaired) electrons. The molecular formula is C16H12F2N2O2S2. The summed E-state index contributed by atoms with van der Waals surface area (Å²) in [6, 6.07) is 12.6. The van der Waals surface area contributed by atoms with E-state index in [1.807, 2.05) is 18.2 Å². The number of alkyl halides is 2. The fourth-order valence-corrected chi connectivity index (χ4v) is 4.61. The topological polar surface area (TPSA) is 73.1 Å². The number of primary sulfonamides is 1. The number of hydrogen-bond acceptors (Lipinski definition) is 4. The smallest absolute Gasteiger partial charge is 0.241 e. The average molecular weight is 366 g/mol. The first-order valence-corrected chi connectivity index (χ1v) is 9.51. The Morgan fingerprint density at radius 3 is 2.33 bits per heavy atom. The Balaban J connectivity index is 1.69. The second-order valence-corrected chi connectivity index (χ2v) is 8.39. The molecule has 2 N–H and O–H groups in total. The van der Waals surface area contributed by atoms with Gasteiger partial charge in [0.1, 0.15) is 5.01 Å². The summed E-state index contributed by atoms with van der Waals surface area (Å²) in [5, 5.41) is 5.43. The van der Waals surface area contributed by atoms with Crippen LogP contribution < -0.4 is 5.14 Å². The van der Waals surface area contributed by atoms with Gasteiger partial charge in [-0.3, -0.25) is 0 Å². The van der Waals surface area contributed by atoms with Crippen molar-refractivity contribution in [3.05, 3.63) is 59.1 Å². The average Bonchev–Trinajstić information content (AvgIpc) is 2.90. The lowest BCUT2D eigenvalue weighted by molar-refractivity contribution is 0.105. The van der Waals surface area contributed by atoms with E-state index in [0.717, 1.165) is 4.70 Å². The summed E-state index contributed by atoms with van der Waals surface area (Å²) in [6.07, 6.45) is 0. The quantitative estimate of drug-likeness (QED) is 0.771. The van der Waals surface area contributed by atoms with E-state index in [1.54, 1.807) is 6.07 Å². The molecule has 124 valence electrons. The van der Waals surface area contributed by atoms with Crippen molar-refractivity contribution in [1.82, 2.24) is 4.98 Å². The van der Waals surface area contributed by atoms with Crippen molar-refractivity contribution < 1.29 is 17.2 Å². The van der Waals surface area contributed by atoms with E-state index < -0.39 is 27.8 Å². The molecule has 3 aromatic rings. The first-order valence-electron chi connectivity index (χ1n) is 7.14. The van der Waals surface area contributed by atoms with Gasteiger partial charge in [-0.25, -0.2) is 27.3 Å². The lowest BCUT2D eigenvalue weighted by Crippen LogP contribution is -2.11. The van der Waals surface area contributed by atoms with Crippen LogP contribution in [0.25, 0.3) is 10.2 Å². The Morgan fingerprint density at radius 1 is 1.04 bits per heavy atom. The van der Waals surface area contributed by atoms with Crippen LogP contribution in [-0.4, -0.2) is 19.3 Å². The molecule has 0 aliphatic heterocycles. The minimum Gasteiger partial charge on any atom is -0.241 e. The maximum Gasteiger partial charge on any atom is 0.265 e. The normalized spacial score (nSPS) is 22.6. The van der Waals surface area contributed by atoms with Crippen molar-refractivity contribution in [1.29, 1.82) is 0 Å². The van der Waals surface area contributed by atoms with Crippen LogP contribution in [0.2, 0.25) is 0 Å². The number of halogens is 2. The van der Waals surface area contributed by atoms with Crippen LogP contribution in [-0.2, 0) is 10.0 Å². The first kappa shape index (κ1) is 15.6. The molecular weight excluding hydrogens is 354 g/mol. The Hall–Kier alpha value is -1.90. The van der Waals surface area contributed by atoms with E-state index in [2.05, 4.69) is 4.98 Å². The zero-order valence-electron chi connectivity index (χ0n) is 12.2. The number of aromatic nitrogens is 1. The largest absolute Gasteiger partial charge is 0.265 e. The molecule has 1 aromatic heterocycles. The van der Waals surface area contributed by atoms with Gasteiger partial charge in [0.05, 0.1) is 26.9 Å². The molecule has 1 aliphatic carbocycles. The van der Waals surface area contributed by atoms with Crippen molar-refractivity contribution in [3.63, 3.8) is 0 Å². The van der Waals surface area contributed by atoms with Crippen LogP contribution >= 0.6 is 11.3 Å². The number of fused-ring (bicyclic) bond motifs is 1. The molecule has 1 heterocycles. The van der Waals surface area contributed by atoms with Gasteiger partial charge in [-0.05, 0) is 29.8 Å². The standard InChI is InChI=1S/C16H12F2N2O2S2/c17-16(18)13(9-5-7-10(8-6-9)24(19,21)22)14(16)15-20-11-3-1-2-4-12(11)23-15/h1-8,13-14H,(H2,19,21,22)/t13-,14+/m0/s1. The lowest BCUT2D eigenvalue weighted by atomic mass is 10.1. The van der Waals surface area contributed by atoms with Gasteiger partial charge in [-0.2, -0.15) is 0 Å². The summed E-state index contributed by atoms with van der Waals surface area (Å²) in [5.41, 5.74) is 1.10. The molecule has 0 amide bonds. The SMILES string of the molecule is NS(=O)(=O)c1ccc([C@H]2[C@H](c3nc4ccccc4s3)C2(F)F)cc1. The van der Waals surface area contributed by atoms with E-state index in [-0.39, 0.29) is 4.90 Å². The molecule has 4 rings (SSSR count). The van der Waals surface area contributed by atoms with Crippen LogP contribution in [0.3, 0.4) is 0 Å². The molecule has 2 aromatic carbocycles. The second-order valence-electron chi connectivity index (χ2n) is 5.76. The Bertz CT molecular complexity index is 997. The molecule has 4 nitrogen and oxygen atoms in total. The zero-order valence-corrected chi connectivity index (χ0v) is 13.8. The first-order chi connectivity index (χ1) is 11.3. The highest BCUT2D eigenvalue weighted by molar-refractivity contribution is 7.89. The number of hydrogen-bond donors (Lipinski definition) is 1. The van der Waals surface area contributed by atoms with Crippen LogP contribution in [0, 0.1) is 0 Å². The summed E-state index contributed by atoms with van der Waals surface area (Å²) in [4.78, 5) is 4.23. The van der Waals surface area contributed by atoms with Gasteiger partial charge in [0.15, 0.2) is 0 Å². The molecule has 1 saturated carbocycles. The van der Waals surface area contributed by atoms with Gasteiger partial charge in [0, 0.05) is 0 Å². The van der Waals surface area contributed by atoms with Crippen molar-refractivity contribution in [2.24, 2.45) is 5.14 Å². The van der Waals surface area contributed by atoms with Crippen LogP contribution in [0.1, 0.15) is 22.4 Å². The van der Waals surface area contributed by atoms with Crippen LogP contribution in [0.15, 0.2) is 53.4 Å². The summed E-state index contributed by atoms with van der Waals surface area (Å²) >= 11 is 1.27. The molecule has 0 saturated heterocycles. The molecule has 0 bridgehead atoms. The second kappa shape index (κ2) is 5.05. The third-order valence-electron chi connectivity index (χ3n) is 4.20. The summed E-state index contributed by atoms with van der Waals surface area (Å²) in [6.45, 7) is 0. The summed E-state index contributed by atoms with van der Waals surface area (Å²) < 4.78 is 52.0. The molecule has 2 atom stereocenters. The van der Waals surface area contributed by atoms with Crippen molar-refractivity contribution in [2.45, 2.75) is 22.7 Å². The number of thiazole rings is 1. The van der Waals surface area contributed by atoms with Gasteiger partial charge in [-0.1, -0.05) is 24.3 Å². The van der Waals surface area contributed by atoms with Crippen molar-refractivity contribution in [2.75, 3.05) is 0 Å². The fourth-order valence-electron chi connectivity index (χ4n) is 2.94. The highest BCUT2D eigenvalue weighted by Gasteiger charge is 2.70. The minimum atomic E-state index is -3.83. The van der Waals surface area contributed by atoms with Crippen LogP contribution in [0.4, 0.5) is 8.78 Å². The lowest BCUT2D eigenvalue weighted by Gasteiger charge is -2.01. The molecule has 0 unspecified atom stereocenters. The number of sulfonamides is 1. The summed E-state index contributed by atoms with van der Waals surface area (Å²) in [7, 11) is -3.83. The third-order valence-corrected chi connectivity index (χ3v) is 6.25. The fraction of sp³-hybridized carbons (Fsp3) is 0.188. The predicted octanol–water partition coefficient (Wildman–Crippen LogP) is 3.46. The Labute approximate surface area is 141 Å². The highest BCUT2D eigenvalue weighted by atomic mass is 32.2. The highest BCUT2D eigenvalue weighted by Crippen LogP contribution is 2.67. The van der Waals surface area contributed by atoms with Crippen LogP contribution in [0.5, 0.6) is 0 Å². The van der Waals surface area contributed by atoms with E-state index in [4.69, 9.17) is 5.14 Å².